The Hall–Kier alpha value is -1.44. The average Bonchev–Trinajstić information content (AvgIpc) is 2.40. The van der Waals surface area contributed by atoms with Gasteiger partial charge >= 0.3 is 0 Å². The van der Waals surface area contributed by atoms with E-state index in [4.69, 9.17) is 17.3 Å². The Morgan fingerprint density at radius 3 is 2.67 bits per heavy atom. The molecule has 0 aromatic heterocycles. The highest BCUT2D eigenvalue weighted by atomic mass is 79.9. The number of nitro groups is 1. The van der Waals surface area contributed by atoms with Crippen LogP contribution in [0.2, 0.25) is 5.02 Å². The predicted octanol–water partition coefficient (Wildman–Crippen LogP) is 3.90. The van der Waals surface area contributed by atoms with E-state index in [1.54, 1.807) is 24.3 Å². The largest absolute Gasteiger partial charge is 0.399 e. The lowest BCUT2D eigenvalue weighted by Crippen LogP contribution is -2.00. The van der Waals surface area contributed by atoms with Gasteiger partial charge in [0, 0.05) is 11.8 Å². The van der Waals surface area contributed by atoms with Gasteiger partial charge in [-0.15, -0.1) is 0 Å². The second kappa shape index (κ2) is 6.55. The maximum atomic E-state index is 12.4. The molecule has 0 bridgehead atoms. The average molecular weight is 390 g/mol. The van der Waals surface area contributed by atoms with E-state index >= 15 is 0 Å². The number of nitrogen functional groups attached to an aromatic ring is 1. The molecule has 0 heterocycles. The first kappa shape index (κ1) is 15.9. The molecular formula is C13H10BrClN2O3S. The van der Waals surface area contributed by atoms with E-state index in [1.165, 1.54) is 12.1 Å². The Morgan fingerprint density at radius 2 is 2.05 bits per heavy atom. The van der Waals surface area contributed by atoms with Crippen LogP contribution in [0.4, 0.5) is 11.4 Å². The highest BCUT2D eigenvalue weighted by Gasteiger charge is 2.18. The number of hydrogen-bond donors (Lipinski definition) is 1. The molecule has 110 valence electrons. The lowest BCUT2D eigenvalue weighted by Gasteiger charge is -2.07. The number of nitrogens with zero attached hydrogens (tertiary/aromatic N) is 1. The second-order valence-corrected chi connectivity index (χ2v) is 6.81. The summed E-state index contributed by atoms with van der Waals surface area (Å²) in [6.07, 6.45) is 0. The first-order valence-corrected chi connectivity index (χ1v) is 8.24. The summed E-state index contributed by atoms with van der Waals surface area (Å²) in [6, 6.07) is 9.35. The zero-order valence-corrected chi connectivity index (χ0v) is 13.7. The van der Waals surface area contributed by atoms with Gasteiger partial charge in [-0.05, 0) is 39.7 Å². The van der Waals surface area contributed by atoms with Crippen LogP contribution in [0.3, 0.4) is 0 Å². The van der Waals surface area contributed by atoms with Crippen molar-refractivity contribution in [3.05, 3.63) is 61.6 Å². The fraction of sp³-hybridized carbons (Fsp3) is 0.0769. The van der Waals surface area contributed by atoms with Crippen LogP contribution in [-0.2, 0) is 16.6 Å². The van der Waals surface area contributed by atoms with Crippen molar-refractivity contribution < 1.29 is 9.13 Å². The maximum absolute atomic E-state index is 12.4. The van der Waals surface area contributed by atoms with Crippen LogP contribution in [0.25, 0.3) is 0 Å². The zero-order chi connectivity index (χ0) is 15.6. The highest BCUT2D eigenvalue weighted by molar-refractivity contribution is 9.10. The quantitative estimate of drug-likeness (QED) is 0.488. The van der Waals surface area contributed by atoms with E-state index in [0.29, 0.717) is 25.6 Å². The van der Waals surface area contributed by atoms with Gasteiger partial charge in [0.05, 0.1) is 35.9 Å². The van der Waals surface area contributed by atoms with Crippen molar-refractivity contribution >= 4 is 49.7 Å². The number of anilines is 1. The topological polar surface area (TPSA) is 86.2 Å². The monoisotopic (exact) mass is 388 g/mol. The number of nitrogens with two attached hydrogens (primary N) is 1. The van der Waals surface area contributed by atoms with Gasteiger partial charge in [0.2, 0.25) is 0 Å². The number of hydrogen-bond acceptors (Lipinski definition) is 4. The summed E-state index contributed by atoms with van der Waals surface area (Å²) in [7, 11) is -1.43. The zero-order valence-electron chi connectivity index (χ0n) is 10.6. The fourth-order valence-corrected chi connectivity index (χ4v) is 4.10. The van der Waals surface area contributed by atoms with E-state index in [2.05, 4.69) is 15.9 Å². The molecule has 0 saturated heterocycles. The molecule has 2 rings (SSSR count). The van der Waals surface area contributed by atoms with Crippen LogP contribution in [0, 0.1) is 10.1 Å². The first-order chi connectivity index (χ1) is 9.90. The Labute approximate surface area is 136 Å². The normalized spacial score (nSPS) is 12.1. The standard InChI is InChI=1S/C13H10BrClN2O3S/c14-13-8(2-1-3-11(13)17(18)19)7-21(20)12-5-4-9(16)6-10(12)15/h1-6H,7,16H2. The Balaban J connectivity index is 2.32. The Bertz CT molecular complexity index is 739. The highest BCUT2D eigenvalue weighted by Crippen LogP contribution is 2.31. The van der Waals surface area contributed by atoms with E-state index in [-0.39, 0.29) is 11.4 Å². The third-order valence-corrected chi connectivity index (χ3v) is 5.50. The van der Waals surface area contributed by atoms with Gasteiger partial charge < -0.3 is 5.73 Å². The second-order valence-electron chi connectivity index (χ2n) is 4.19. The van der Waals surface area contributed by atoms with Crippen molar-refractivity contribution in [2.45, 2.75) is 10.6 Å². The van der Waals surface area contributed by atoms with E-state index in [0.717, 1.165) is 0 Å². The molecule has 0 spiro atoms. The Kier molecular flexibility index (Phi) is 4.97. The number of nitro benzene ring substituents is 1. The van der Waals surface area contributed by atoms with Crippen molar-refractivity contribution in [2.75, 3.05) is 5.73 Å². The fourth-order valence-electron chi connectivity index (χ4n) is 1.74. The van der Waals surface area contributed by atoms with Gasteiger partial charge in [0.1, 0.15) is 0 Å². The molecule has 1 unspecified atom stereocenters. The number of benzene rings is 2. The molecule has 2 N–H and O–H groups in total. The molecule has 2 aromatic carbocycles. The van der Waals surface area contributed by atoms with Crippen LogP contribution in [-0.4, -0.2) is 9.13 Å². The summed E-state index contributed by atoms with van der Waals surface area (Å²) in [5, 5.41) is 11.2. The lowest BCUT2D eigenvalue weighted by atomic mass is 10.2. The van der Waals surface area contributed by atoms with Crippen molar-refractivity contribution in [3.8, 4) is 0 Å². The van der Waals surface area contributed by atoms with Gasteiger partial charge in [-0.25, -0.2) is 0 Å². The molecule has 0 saturated carbocycles. The van der Waals surface area contributed by atoms with E-state index < -0.39 is 15.7 Å². The summed E-state index contributed by atoms with van der Waals surface area (Å²) >= 11 is 9.20. The van der Waals surface area contributed by atoms with Crippen LogP contribution < -0.4 is 5.73 Å². The first-order valence-electron chi connectivity index (χ1n) is 5.75. The summed E-state index contributed by atoms with van der Waals surface area (Å²) in [4.78, 5) is 10.8. The van der Waals surface area contributed by atoms with Gasteiger partial charge in [0.25, 0.3) is 5.69 Å². The van der Waals surface area contributed by atoms with Crippen molar-refractivity contribution in [1.29, 1.82) is 0 Å². The van der Waals surface area contributed by atoms with Crippen LogP contribution in [0.15, 0.2) is 45.8 Å². The minimum Gasteiger partial charge on any atom is -0.399 e. The van der Waals surface area contributed by atoms with E-state index in [9.17, 15) is 14.3 Å². The Morgan fingerprint density at radius 1 is 1.33 bits per heavy atom. The molecule has 0 aliphatic carbocycles. The molecule has 0 fully saturated rings. The van der Waals surface area contributed by atoms with Crippen molar-refractivity contribution in [2.24, 2.45) is 0 Å². The molecular weight excluding hydrogens is 380 g/mol. The predicted molar refractivity (Wildman–Crippen MR) is 86.8 cm³/mol. The molecule has 8 heteroatoms. The van der Waals surface area contributed by atoms with Crippen LogP contribution in [0.5, 0.6) is 0 Å². The van der Waals surface area contributed by atoms with Crippen LogP contribution in [0.1, 0.15) is 5.56 Å². The lowest BCUT2D eigenvalue weighted by molar-refractivity contribution is -0.385. The minimum atomic E-state index is -1.43. The van der Waals surface area contributed by atoms with Gasteiger partial charge in [0.15, 0.2) is 0 Å². The van der Waals surface area contributed by atoms with Gasteiger partial charge in [-0.3, -0.25) is 14.3 Å². The third kappa shape index (κ3) is 3.61. The molecule has 0 radical (unpaired) electrons. The molecule has 0 aliphatic heterocycles. The molecule has 2 aromatic rings. The van der Waals surface area contributed by atoms with Gasteiger partial charge in [-0.1, -0.05) is 23.7 Å². The number of rotatable bonds is 4. The minimum absolute atomic E-state index is 0.0621. The van der Waals surface area contributed by atoms with Crippen LogP contribution >= 0.6 is 27.5 Å². The SMILES string of the molecule is Nc1ccc(S(=O)Cc2cccc([N+](=O)[O-])c2Br)c(Cl)c1. The summed E-state index contributed by atoms with van der Waals surface area (Å²) < 4.78 is 12.7. The molecule has 0 amide bonds. The summed E-state index contributed by atoms with van der Waals surface area (Å²) in [5.41, 5.74) is 6.59. The summed E-state index contributed by atoms with van der Waals surface area (Å²) in [5.74, 6) is 0.117. The molecule has 5 nitrogen and oxygen atoms in total. The molecule has 1 atom stereocenters. The smallest absolute Gasteiger partial charge is 0.283 e. The van der Waals surface area contributed by atoms with Crippen molar-refractivity contribution in [1.82, 2.24) is 0 Å². The van der Waals surface area contributed by atoms with Crippen molar-refractivity contribution in [3.63, 3.8) is 0 Å². The maximum Gasteiger partial charge on any atom is 0.283 e. The van der Waals surface area contributed by atoms with E-state index in [1.807, 2.05) is 0 Å². The number of halogens is 2. The third-order valence-electron chi connectivity index (χ3n) is 2.74. The summed E-state index contributed by atoms with van der Waals surface area (Å²) in [6.45, 7) is 0. The molecule has 21 heavy (non-hydrogen) atoms. The molecule has 0 aliphatic rings. The van der Waals surface area contributed by atoms with Gasteiger partial charge in [-0.2, -0.15) is 0 Å².